The third kappa shape index (κ3) is 4.94. The molecule has 4 saturated carbocycles. The van der Waals surface area contributed by atoms with Gasteiger partial charge in [-0.05, 0) is 96.7 Å². The molecule has 4 aliphatic carbocycles. The average molecular weight is 610 g/mol. The Labute approximate surface area is 243 Å². The highest BCUT2D eigenvalue weighted by molar-refractivity contribution is 9.10. The van der Waals surface area contributed by atoms with E-state index in [1.165, 1.54) is 11.3 Å². The Morgan fingerprint density at radius 1 is 1.02 bits per heavy atom. The van der Waals surface area contributed by atoms with E-state index in [-0.39, 0.29) is 30.9 Å². The Bertz CT molecular complexity index is 1360. The van der Waals surface area contributed by atoms with E-state index in [9.17, 15) is 19.8 Å². The predicted octanol–water partition coefficient (Wildman–Crippen LogP) is 6.02. The zero-order valence-corrected chi connectivity index (χ0v) is 24.3. The standard InChI is InChI=1S/C32H37BrN2O5/c1-32(17-26-25-9-5-6-10-27(25)40-29(26)33,30(37)34-24(18-36)16-19-7-3-2-4-8-19)35(31(38)39)28-22-12-20-11-21(14-22)15-23(28)13-20/h2-10,20-24,28,36H,11-18H2,1H3,(H,34,37)(H,38,39). The molecule has 2 aromatic carbocycles. The summed E-state index contributed by atoms with van der Waals surface area (Å²) in [6.45, 7) is 1.51. The monoisotopic (exact) mass is 608 g/mol. The molecule has 1 aromatic heterocycles. The third-order valence-corrected chi connectivity index (χ3v) is 10.4. The normalized spacial score (nSPS) is 27.3. The highest BCUT2D eigenvalue weighted by Crippen LogP contribution is 2.56. The van der Waals surface area contributed by atoms with E-state index >= 15 is 0 Å². The minimum absolute atomic E-state index is 0.148. The SMILES string of the molecule is CC(Cc1c(Br)oc2ccccc12)(C(=O)NC(CO)Cc1ccccc1)N(C(=O)O)C1C2CC3CC(C2)CC1C3. The Kier molecular flexibility index (Phi) is 7.42. The molecule has 0 spiro atoms. The van der Waals surface area contributed by atoms with Crippen LogP contribution in [-0.4, -0.2) is 51.3 Å². The lowest BCUT2D eigenvalue weighted by Crippen LogP contribution is -2.69. The number of halogens is 1. The zero-order chi connectivity index (χ0) is 28.0. The van der Waals surface area contributed by atoms with Gasteiger partial charge >= 0.3 is 6.09 Å². The van der Waals surface area contributed by atoms with E-state index in [1.54, 1.807) is 6.92 Å². The van der Waals surface area contributed by atoms with Gasteiger partial charge in [0.25, 0.3) is 0 Å². The van der Waals surface area contributed by atoms with Crippen LogP contribution >= 0.6 is 15.9 Å². The number of carbonyl (C=O) groups excluding carboxylic acids is 1. The van der Waals surface area contributed by atoms with Crippen LogP contribution in [0, 0.1) is 23.7 Å². The number of carbonyl (C=O) groups is 2. The topological polar surface area (TPSA) is 103 Å². The van der Waals surface area contributed by atoms with Crippen LogP contribution in [0.5, 0.6) is 0 Å². The van der Waals surface area contributed by atoms with Gasteiger partial charge in [0.15, 0.2) is 4.67 Å². The molecule has 8 heteroatoms. The summed E-state index contributed by atoms with van der Waals surface area (Å²) in [4.78, 5) is 29.2. The minimum Gasteiger partial charge on any atom is -0.465 e. The molecule has 0 saturated heterocycles. The van der Waals surface area contributed by atoms with Crippen molar-refractivity contribution < 1.29 is 24.2 Å². The summed E-state index contributed by atoms with van der Waals surface area (Å²) in [5.74, 6) is 1.48. The average Bonchev–Trinajstić information content (AvgIpc) is 3.24. The summed E-state index contributed by atoms with van der Waals surface area (Å²) < 4.78 is 6.47. The van der Waals surface area contributed by atoms with Gasteiger partial charge in [0.2, 0.25) is 5.91 Å². The number of benzene rings is 2. The van der Waals surface area contributed by atoms with Gasteiger partial charge in [-0.15, -0.1) is 0 Å². The summed E-state index contributed by atoms with van der Waals surface area (Å²) in [6, 6.07) is 16.6. The summed E-state index contributed by atoms with van der Waals surface area (Å²) in [7, 11) is 0. The third-order valence-electron chi connectivity index (χ3n) is 9.75. The zero-order valence-electron chi connectivity index (χ0n) is 22.8. The van der Waals surface area contributed by atoms with Gasteiger partial charge in [-0.2, -0.15) is 0 Å². The highest BCUT2D eigenvalue weighted by atomic mass is 79.9. The molecule has 4 fully saturated rings. The fourth-order valence-electron chi connectivity index (χ4n) is 8.24. The molecule has 212 valence electrons. The fourth-order valence-corrected chi connectivity index (χ4v) is 8.77. The lowest BCUT2D eigenvalue weighted by molar-refractivity contribution is -0.141. The lowest BCUT2D eigenvalue weighted by atomic mass is 9.53. The number of rotatable bonds is 9. The molecule has 4 bridgehead atoms. The molecule has 40 heavy (non-hydrogen) atoms. The van der Waals surface area contributed by atoms with Crippen LogP contribution in [0.3, 0.4) is 0 Å². The fraction of sp³-hybridized carbons (Fsp3) is 0.500. The number of hydrogen-bond donors (Lipinski definition) is 3. The number of nitrogens with zero attached hydrogens (tertiary/aromatic N) is 1. The molecule has 0 radical (unpaired) electrons. The lowest BCUT2D eigenvalue weighted by Gasteiger charge is -2.59. The molecule has 0 aliphatic heterocycles. The highest BCUT2D eigenvalue weighted by Gasteiger charge is 2.56. The Morgan fingerprint density at radius 2 is 1.65 bits per heavy atom. The number of fused-ring (bicyclic) bond motifs is 1. The van der Waals surface area contributed by atoms with Gasteiger partial charge in [-0.3, -0.25) is 9.69 Å². The molecule has 1 heterocycles. The van der Waals surface area contributed by atoms with Crippen LogP contribution in [0.4, 0.5) is 4.79 Å². The van der Waals surface area contributed by atoms with Crippen molar-refractivity contribution in [3.05, 3.63) is 70.4 Å². The van der Waals surface area contributed by atoms with E-state index in [2.05, 4.69) is 21.2 Å². The van der Waals surface area contributed by atoms with E-state index in [1.807, 2.05) is 54.6 Å². The molecular formula is C32H37BrN2O5. The number of aliphatic hydroxyl groups excluding tert-OH is 1. The second-order valence-corrected chi connectivity index (χ2v) is 13.1. The summed E-state index contributed by atoms with van der Waals surface area (Å²) in [6.07, 6.45) is 4.92. The molecular weight excluding hydrogens is 572 g/mol. The van der Waals surface area contributed by atoms with Gasteiger partial charge in [0.05, 0.1) is 12.6 Å². The van der Waals surface area contributed by atoms with Crippen molar-refractivity contribution >= 4 is 38.9 Å². The second kappa shape index (κ2) is 10.9. The van der Waals surface area contributed by atoms with Crippen molar-refractivity contribution in [1.29, 1.82) is 0 Å². The van der Waals surface area contributed by atoms with E-state index in [0.717, 1.165) is 42.2 Å². The number of hydrogen-bond acceptors (Lipinski definition) is 4. The smallest absolute Gasteiger partial charge is 0.408 e. The number of para-hydroxylation sites is 1. The Hall–Kier alpha value is -2.84. The molecule has 2 amide bonds. The summed E-state index contributed by atoms with van der Waals surface area (Å²) >= 11 is 3.56. The van der Waals surface area contributed by atoms with Crippen LogP contribution in [0.25, 0.3) is 11.0 Å². The molecule has 4 aliphatic rings. The van der Waals surface area contributed by atoms with Crippen molar-refractivity contribution in [2.45, 2.75) is 69.5 Å². The first-order valence-corrected chi connectivity index (χ1v) is 15.2. The molecule has 3 aromatic rings. The maximum atomic E-state index is 14.4. The van der Waals surface area contributed by atoms with Crippen molar-refractivity contribution in [3.63, 3.8) is 0 Å². The largest absolute Gasteiger partial charge is 0.465 e. The van der Waals surface area contributed by atoms with Crippen molar-refractivity contribution in [2.75, 3.05) is 6.61 Å². The van der Waals surface area contributed by atoms with Crippen LogP contribution in [0.2, 0.25) is 0 Å². The number of aliphatic hydroxyl groups is 1. The molecule has 7 rings (SSSR count). The van der Waals surface area contributed by atoms with Gasteiger partial charge < -0.3 is 19.9 Å². The van der Waals surface area contributed by atoms with E-state index in [0.29, 0.717) is 28.5 Å². The van der Waals surface area contributed by atoms with Crippen LogP contribution in [0.15, 0.2) is 63.7 Å². The first-order chi connectivity index (χ1) is 19.3. The maximum absolute atomic E-state index is 14.4. The van der Waals surface area contributed by atoms with E-state index < -0.39 is 23.6 Å². The van der Waals surface area contributed by atoms with Crippen molar-refractivity contribution in [2.24, 2.45) is 23.7 Å². The van der Waals surface area contributed by atoms with Gasteiger partial charge in [-0.25, -0.2) is 4.79 Å². The van der Waals surface area contributed by atoms with Gasteiger partial charge in [-0.1, -0.05) is 48.5 Å². The first kappa shape index (κ1) is 27.3. The Morgan fingerprint density at radius 3 is 2.27 bits per heavy atom. The molecule has 7 nitrogen and oxygen atoms in total. The quantitative estimate of drug-likeness (QED) is 0.275. The summed E-state index contributed by atoms with van der Waals surface area (Å²) in [5, 5.41) is 25.0. The van der Waals surface area contributed by atoms with Crippen LogP contribution in [-0.2, 0) is 17.6 Å². The number of furan rings is 1. The number of amides is 2. The van der Waals surface area contributed by atoms with E-state index in [4.69, 9.17) is 4.42 Å². The summed E-state index contributed by atoms with van der Waals surface area (Å²) in [5.41, 5.74) is 1.02. The van der Waals surface area contributed by atoms with Gasteiger partial charge in [0, 0.05) is 23.4 Å². The van der Waals surface area contributed by atoms with Crippen molar-refractivity contribution in [3.8, 4) is 0 Å². The van der Waals surface area contributed by atoms with Crippen molar-refractivity contribution in [1.82, 2.24) is 10.2 Å². The van der Waals surface area contributed by atoms with Gasteiger partial charge in [0.1, 0.15) is 11.1 Å². The number of nitrogens with one attached hydrogen (secondary N) is 1. The molecule has 3 N–H and O–H groups in total. The molecule has 2 unspecified atom stereocenters. The predicted molar refractivity (Wildman–Crippen MR) is 156 cm³/mol. The van der Waals surface area contributed by atoms with Crippen LogP contribution < -0.4 is 5.32 Å². The maximum Gasteiger partial charge on any atom is 0.408 e. The minimum atomic E-state index is -1.43. The van der Waals surface area contributed by atoms with Crippen LogP contribution in [0.1, 0.15) is 50.2 Å². The Balaban J connectivity index is 1.39. The second-order valence-electron chi connectivity index (χ2n) is 12.4. The first-order valence-electron chi connectivity index (χ1n) is 14.4. The molecule has 2 atom stereocenters. The number of carboxylic acid groups (broad SMARTS) is 1.